The second-order valence-electron chi connectivity index (χ2n) is 7.74. The van der Waals surface area contributed by atoms with Gasteiger partial charge in [-0.2, -0.15) is 0 Å². The van der Waals surface area contributed by atoms with Gasteiger partial charge in [-0.3, -0.25) is 14.2 Å². The Morgan fingerprint density at radius 1 is 1.12 bits per heavy atom. The maximum absolute atomic E-state index is 13.6. The Morgan fingerprint density at radius 2 is 1.97 bits per heavy atom. The average Bonchev–Trinajstić information content (AvgIpc) is 3.29. The summed E-state index contributed by atoms with van der Waals surface area (Å²) >= 11 is 0. The first kappa shape index (κ1) is 20.5. The number of fused-ring (bicyclic) bond motifs is 2. The van der Waals surface area contributed by atoms with Gasteiger partial charge in [0.1, 0.15) is 17.7 Å². The molecule has 0 aliphatic carbocycles. The number of rotatable bonds is 6. The number of anilines is 1. The van der Waals surface area contributed by atoms with Crippen molar-refractivity contribution in [1.82, 2.24) is 29.5 Å². The zero-order valence-corrected chi connectivity index (χ0v) is 18.2. The highest BCUT2D eigenvalue weighted by atomic mass is 16.1. The topological polar surface area (TPSA) is 118 Å². The lowest BCUT2D eigenvalue weighted by Gasteiger charge is -2.15. The number of imidazole rings is 1. The fourth-order valence-electron chi connectivity index (χ4n) is 3.93. The Kier molecular flexibility index (Phi) is 5.14. The third-order valence-electron chi connectivity index (χ3n) is 5.55. The molecule has 3 heterocycles. The van der Waals surface area contributed by atoms with Crippen molar-refractivity contribution in [3.05, 3.63) is 82.4 Å². The van der Waals surface area contributed by atoms with Crippen LogP contribution in [0.2, 0.25) is 0 Å². The van der Waals surface area contributed by atoms with Crippen LogP contribution in [-0.4, -0.2) is 41.8 Å². The van der Waals surface area contributed by atoms with Gasteiger partial charge in [0, 0.05) is 18.5 Å². The van der Waals surface area contributed by atoms with Gasteiger partial charge in [0.05, 0.1) is 22.9 Å². The first-order valence-corrected chi connectivity index (χ1v) is 10.5. The van der Waals surface area contributed by atoms with E-state index in [-0.39, 0.29) is 11.3 Å². The molecule has 33 heavy (non-hydrogen) atoms. The molecule has 2 aromatic carbocycles. The Balaban J connectivity index is 1.58. The molecule has 0 unspecified atom stereocenters. The van der Waals surface area contributed by atoms with E-state index in [0.29, 0.717) is 57.9 Å². The Morgan fingerprint density at radius 3 is 2.82 bits per heavy atom. The molecule has 164 valence electrons. The zero-order valence-electron chi connectivity index (χ0n) is 18.2. The monoisotopic (exact) mass is 439 g/mol. The molecule has 0 spiro atoms. The van der Waals surface area contributed by atoms with E-state index in [1.165, 1.54) is 13.3 Å². The van der Waals surface area contributed by atoms with Crippen LogP contribution >= 0.6 is 0 Å². The number of aromatic amines is 1. The third kappa shape index (κ3) is 3.73. The summed E-state index contributed by atoms with van der Waals surface area (Å²) in [7, 11) is 0. The lowest BCUT2D eigenvalue weighted by atomic mass is 10.1. The largest absolute Gasteiger partial charge is 0.368 e. The van der Waals surface area contributed by atoms with Crippen molar-refractivity contribution in [3.63, 3.8) is 0 Å². The molecular weight excluding hydrogens is 418 g/mol. The van der Waals surface area contributed by atoms with Crippen LogP contribution in [0.4, 0.5) is 5.82 Å². The Hall–Kier alpha value is -4.40. The maximum atomic E-state index is 13.6. The maximum Gasteiger partial charge on any atom is 0.266 e. The van der Waals surface area contributed by atoms with Crippen molar-refractivity contribution in [2.75, 3.05) is 11.9 Å². The summed E-state index contributed by atoms with van der Waals surface area (Å²) in [6, 6.07) is 12.7. The number of benzene rings is 2. The van der Waals surface area contributed by atoms with Gasteiger partial charge >= 0.3 is 0 Å². The number of hydrogen-bond acceptors (Lipinski definition) is 7. The quantitative estimate of drug-likeness (QED) is 0.390. The molecule has 9 heteroatoms. The summed E-state index contributed by atoms with van der Waals surface area (Å²) in [6.07, 6.45) is 3.46. The number of hydrogen-bond donors (Lipinski definition) is 2. The van der Waals surface area contributed by atoms with Gasteiger partial charge in [-0.25, -0.2) is 19.9 Å². The van der Waals surface area contributed by atoms with Gasteiger partial charge in [-0.05, 0) is 37.6 Å². The number of aromatic nitrogens is 6. The van der Waals surface area contributed by atoms with E-state index in [2.05, 4.69) is 25.3 Å². The van der Waals surface area contributed by atoms with E-state index in [1.807, 2.05) is 31.2 Å². The van der Waals surface area contributed by atoms with Crippen LogP contribution in [0, 0.1) is 6.92 Å². The van der Waals surface area contributed by atoms with Crippen LogP contribution < -0.4 is 10.9 Å². The lowest BCUT2D eigenvalue weighted by Crippen LogP contribution is -2.26. The van der Waals surface area contributed by atoms with Gasteiger partial charge in [-0.15, -0.1) is 0 Å². The number of carbonyl (C=O) groups excluding carboxylic acids is 1. The third-order valence-corrected chi connectivity index (χ3v) is 5.55. The minimum absolute atomic E-state index is 0.0645. The van der Waals surface area contributed by atoms with Crippen LogP contribution in [0.3, 0.4) is 0 Å². The predicted octanol–water partition coefficient (Wildman–Crippen LogP) is 3.22. The normalized spacial score (nSPS) is 11.2. The second kappa shape index (κ2) is 8.27. The van der Waals surface area contributed by atoms with E-state index in [9.17, 15) is 9.59 Å². The number of Topliss-reactive ketones (excluding diaryl/α,β-unsaturated/α-hetero) is 1. The first-order valence-electron chi connectivity index (χ1n) is 10.5. The summed E-state index contributed by atoms with van der Waals surface area (Å²) < 4.78 is 1.59. The Bertz CT molecular complexity index is 1570. The highest BCUT2D eigenvalue weighted by Gasteiger charge is 2.15. The van der Waals surface area contributed by atoms with Crippen LogP contribution in [0.25, 0.3) is 27.8 Å². The molecule has 0 atom stereocenters. The van der Waals surface area contributed by atoms with E-state index in [1.54, 1.807) is 29.1 Å². The van der Waals surface area contributed by atoms with Crippen molar-refractivity contribution in [3.8, 4) is 5.69 Å². The molecule has 0 bridgehead atoms. The van der Waals surface area contributed by atoms with Crippen LogP contribution in [-0.2, 0) is 6.42 Å². The molecule has 0 aliphatic heterocycles. The SMILES string of the molecule is CC(=O)c1cccc(-n2c(CCNc3ncnc4nc[nH]c34)nc3cccc(C)c3c2=O)c1. The zero-order chi connectivity index (χ0) is 22.9. The number of aryl methyl sites for hydroxylation is 1. The van der Waals surface area contributed by atoms with Gasteiger partial charge in [0.25, 0.3) is 5.56 Å². The molecule has 3 aromatic heterocycles. The molecule has 0 saturated carbocycles. The summed E-state index contributed by atoms with van der Waals surface area (Å²) in [6.45, 7) is 3.88. The summed E-state index contributed by atoms with van der Waals surface area (Å²) in [5.41, 5.74) is 3.78. The summed E-state index contributed by atoms with van der Waals surface area (Å²) in [5, 5.41) is 3.84. The van der Waals surface area contributed by atoms with Crippen molar-refractivity contribution in [1.29, 1.82) is 0 Å². The van der Waals surface area contributed by atoms with E-state index in [4.69, 9.17) is 4.98 Å². The summed E-state index contributed by atoms with van der Waals surface area (Å²) in [5.74, 6) is 1.15. The fourth-order valence-corrected chi connectivity index (χ4v) is 3.93. The molecule has 0 saturated heterocycles. The molecule has 5 rings (SSSR count). The smallest absolute Gasteiger partial charge is 0.266 e. The number of nitrogens with zero attached hydrogens (tertiary/aromatic N) is 5. The number of carbonyl (C=O) groups is 1. The van der Waals surface area contributed by atoms with E-state index < -0.39 is 0 Å². The number of H-pyrrole nitrogens is 1. The molecule has 0 aliphatic rings. The lowest BCUT2D eigenvalue weighted by molar-refractivity contribution is 0.101. The van der Waals surface area contributed by atoms with Crippen LogP contribution in [0.1, 0.15) is 28.7 Å². The average molecular weight is 439 g/mol. The van der Waals surface area contributed by atoms with Gasteiger partial charge in [0.2, 0.25) is 0 Å². The van der Waals surface area contributed by atoms with Gasteiger partial charge in [-0.1, -0.05) is 24.3 Å². The fraction of sp³-hybridized carbons (Fsp3) is 0.167. The van der Waals surface area contributed by atoms with Crippen molar-refractivity contribution in [2.45, 2.75) is 20.3 Å². The second-order valence-corrected chi connectivity index (χ2v) is 7.74. The molecule has 0 fully saturated rings. The molecule has 9 nitrogen and oxygen atoms in total. The van der Waals surface area contributed by atoms with E-state index in [0.717, 1.165) is 5.56 Å². The van der Waals surface area contributed by atoms with Crippen molar-refractivity contribution >= 4 is 33.7 Å². The standard InChI is InChI=1S/C24H21N7O2/c1-14-5-3-8-18-20(14)24(33)31(17-7-4-6-16(11-17)15(2)32)19(30-18)9-10-25-22-21-23(27-12-26-21)29-13-28-22/h3-8,11-13H,9-10H2,1-2H3,(H2,25,26,27,28,29). The van der Waals surface area contributed by atoms with Crippen molar-refractivity contribution in [2.24, 2.45) is 0 Å². The molecule has 0 radical (unpaired) electrons. The predicted molar refractivity (Wildman–Crippen MR) is 126 cm³/mol. The molecule has 5 aromatic rings. The van der Waals surface area contributed by atoms with E-state index >= 15 is 0 Å². The van der Waals surface area contributed by atoms with Crippen LogP contribution in [0.15, 0.2) is 59.9 Å². The minimum Gasteiger partial charge on any atom is -0.368 e. The highest BCUT2D eigenvalue weighted by molar-refractivity contribution is 5.94. The van der Waals surface area contributed by atoms with Crippen LogP contribution in [0.5, 0.6) is 0 Å². The van der Waals surface area contributed by atoms with Crippen molar-refractivity contribution < 1.29 is 4.79 Å². The highest BCUT2D eigenvalue weighted by Crippen LogP contribution is 2.19. The molecule has 2 N–H and O–H groups in total. The summed E-state index contributed by atoms with van der Waals surface area (Å²) in [4.78, 5) is 45.9. The molecular formula is C24H21N7O2. The first-order chi connectivity index (χ1) is 16.0. The van der Waals surface area contributed by atoms with Gasteiger partial charge in [0.15, 0.2) is 17.2 Å². The number of ketones is 1. The Labute approximate surface area is 188 Å². The van der Waals surface area contributed by atoms with Gasteiger partial charge < -0.3 is 10.3 Å². The number of nitrogens with one attached hydrogen (secondary N) is 2. The molecule has 0 amide bonds. The minimum atomic E-state index is -0.160.